The van der Waals surface area contributed by atoms with Crippen LogP contribution in [0.3, 0.4) is 0 Å². The number of anilines is 3. The lowest BCUT2D eigenvalue weighted by Gasteiger charge is -2.28. The summed E-state index contributed by atoms with van der Waals surface area (Å²) in [4.78, 5) is 2.36. The van der Waals surface area contributed by atoms with E-state index in [9.17, 15) is 0 Å². The molecule has 1 heterocycles. The third kappa shape index (κ3) is 5.93. The average Bonchev–Trinajstić information content (AvgIpc) is 3.51. The first-order chi connectivity index (χ1) is 24.7. The number of nitrogens with zero attached hydrogens (tertiary/aromatic N) is 2. The fourth-order valence-electron chi connectivity index (χ4n) is 6.99. The van der Waals surface area contributed by atoms with Crippen molar-refractivity contribution in [3.63, 3.8) is 0 Å². The molecule has 0 amide bonds. The quantitative estimate of drug-likeness (QED) is 0.150. The minimum Gasteiger partial charge on any atom is -0.310 e. The minimum atomic E-state index is 1.13. The Kier molecular flexibility index (Phi) is 8.42. The van der Waals surface area contributed by atoms with Crippen LogP contribution >= 0.6 is 0 Å². The van der Waals surface area contributed by atoms with E-state index in [0.717, 1.165) is 22.5 Å². The van der Waals surface area contributed by atoms with Gasteiger partial charge in [0.15, 0.2) is 0 Å². The van der Waals surface area contributed by atoms with Gasteiger partial charge in [0, 0.05) is 33.7 Å². The van der Waals surface area contributed by atoms with Crippen molar-refractivity contribution >= 4 is 40.1 Å². The van der Waals surface area contributed by atoms with E-state index < -0.39 is 0 Å². The molecule has 0 radical (unpaired) electrons. The van der Waals surface area contributed by atoms with E-state index in [-0.39, 0.29) is 0 Å². The normalized spacial score (nSPS) is 11.3. The van der Waals surface area contributed by atoms with Crippen LogP contribution in [0.4, 0.5) is 17.1 Å². The molecule has 8 rings (SSSR count). The summed E-state index contributed by atoms with van der Waals surface area (Å²) in [5.74, 6) is 0. The number of aromatic nitrogens is 1. The fourth-order valence-corrected chi connectivity index (χ4v) is 6.99. The molecule has 0 saturated heterocycles. The van der Waals surface area contributed by atoms with E-state index in [2.05, 4.69) is 217 Å². The first-order valence-corrected chi connectivity index (χ1v) is 17.2. The highest BCUT2D eigenvalue weighted by Gasteiger charge is 2.21. The molecule has 0 fully saturated rings. The maximum Gasteiger partial charge on any atom is 0.0619 e. The lowest BCUT2D eigenvalue weighted by atomic mass is 9.97. The number of hydrogen-bond donors (Lipinski definition) is 0. The van der Waals surface area contributed by atoms with Gasteiger partial charge in [-0.05, 0) is 95.8 Å². The number of benzene rings is 7. The van der Waals surface area contributed by atoms with Crippen LogP contribution in [0, 0.1) is 13.8 Å². The Bertz CT molecular complexity index is 2370. The molecular weight excluding hydrogens is 605 g/mol. The molecule has 0 aliphatic carbocycles. The summed E-state index contributed by atoms with van der Waals surface area (Å²) in [6, 6.07) is 65.1. The third-order valence-corrected chi connectivity index (χ3v) is 9.45. The molecule has 0 saturated carbocycles. The number of aryl methyl sites for hydroxylation is 2. The van der Waals surface area contributed by atoms with Gasteiger partial charge in [0.1, 0.15) is 0 Å². The zero-order chi connectivity index (χ0) is 33.9. The highest BCUT2D eigenvalue weighted by atomic mass is 15.1. The van der Waals surface area contributed by atoms with Crippen LogP contribution < -0.4 is 4.90 Å². The first-order valence-electron chi connectivity index (χ1n) is 17.2. The summed E-state index contributed by atoms with van der Waals surface area (Å²) < 4.78 is 2.41. The molecule has 50 heavy (non-hydrogen) atoms. The molecule has 0 atom stereocenters. The molecule has 7 aromatic carbocycles. The van der Waals surface area contributed by atoms with Gasteiger partial charge in [-0.1, -0.05) is 146 Å². The maximum atomic E-state index is 2.41. The van der Waals surface area contributed by atoms with Crippen molar-refractivity contribution in [2.75, 3.05) is 4.90 Å². The van der Waals surface area contributed by atoms with E-state index in [1.165, 1.54) is 55.8 Å². The SMILES string of the molecule is Cc1ccccc1N(c1ccc(/C=C/c2ccc3c(c2)c(-c2ccccc2)c(-c2ccccc2)n3-c2ccccc2)cc1)c1ccccc1C. The van der Waals surface area contributed by atoms with Gasteiger partial charge >= 0.3 is 0 Å². The molecular formula is C48H38N2. The Labute approximate surface area is 294 Å². The highest BCUT2D eigenvalue weighted by molar-refractivity contribution is 6.06. The van der Waals surface area contributed by atoms with Crippen molar-refractivity contribution in [3.8, 4) is 28.1 Å². The summed E-state index contributed by atoms with van der Waals surface area (Å²) in [7, 11) is 0. The van der Waals surface area contributed by atoms with Crippen LogP contribution in [-0.2, 0) is 0 Å². The Morgan fingerprint density at radius 3 is 1.56 bits per heavy atom. The molecule has 2 nitrogen and oxygen atoms in total. The smallest absolute Gasteiger partial charge is 0.0619 e. The van der Waals surface area contributed by atoms with E-state index in [1.54, 1.807) is 0 Å². The van der Waals surface area contributed by atoms with Gasteiger partial charge in [-0.3, -0.25) is 0 Å². The second kappa shape index (κ2) is 13.6. The highest BCUT2D eigenvalue weighted by Crippen LogP contribution is 2.43. The molecule has 0 unspecified atom stereocenters. The summed E-state index contributed by atoms with van der Waals surface area (Å²) in [5, 5.41) is 1.23. The van der Waals surface area contributed by atoms with Crippen molar-refractivity contribution in [3.05, 3.63) is 204 Å². The Balaban J connectivity index is 1.21. The van der Waals surface area contributed by atoms with Crippen molar-refractivity contribution in [2.24, 2.45) is 0 Å². The van der Waals surface area contributed by atoms with Crippen LogP contribution in [0.15, 0.2) is 182 Å². The molecule has 2 heteroatoms. The molecule has 0 N–H and O–H groups in total. The second-order valence-corrected chi connectivity index (χ2v) is 12.7. The topological polar surface area (TPSA) is 8.17 Å². The second-order valence-electron chi connectivity index (χ2n) is 12.7. The fraction of sp³-hybridized carbons (Fsp3) is 0.0417. The van der Waals surface area contributed by atoms with E-state index in [0.29, 0.717) is 0 Å². The Hall–Kier alpha value is -6.38. The monoisotopic (exact) mass is 642 g/mol. The largest absolute Gasteiger partial charge is 0.310 e. The summed E-state index contributed by atoms with van der Waals surface area (Å²) in [5.41, 5.74) is 15.4. The van der Waals surface area contributed by atoms with Crippen molar-refractivity contribution in [1.82, 2.24) is 4.57 Å². The zero-order valence-corrected chi connectivity index (χ0v) is 28.4. The van der Waals surface area contributed by atoms with Gasteiger partial charge in [0.2, 0.25) is 0 Å². The van der Waals surface area contributed by atoms with Gasteiger partial charge in [-0.2, -0.15) is 0 Å². The van der Waals surface area contributed by atoms with Gasteiger partial charge < -0.3 is 9.47 Å². The van der Waals surface area contributed by atoms with Crippen LogP contribution in [-0.4, -0.2) is 4.57 Å². The number of hydrogen-bond acceptors (Lipinski definition) is 1. The number of fused-ring (bicyclic) bond motifs is 1. The van der Waals surface area contributed by atoms with Gasteiger partial charge in [-0.15, -0.1) is 0 Å². The molecule has 1 aromatic heterocycles. The lowest BCUT2D eigenvalue weighted by Crippen LogP contribution is -2.12. The van der Waals surface area contributed by atoms with Crippen LogP contribution in [0.2, 0.25) is 0 Å². The summed E-state index contributed by atoms with van der Waals surface area (Å²) >= 11 is 0. The standard InChI is InChI=1S/C48H38N2/c1-35-16-12-14-24-44(35)49(45-25-15-13-17-36(45)2)42-31-28-37(29-32-42)26-27-38-30-33-46-43(34-38)47(39-18-6-3-7-19-39)48(40-20-8-4-9-21-40)50(46)41-22-10-5-11-23-41/h3-34H,1-2H3/b27-26+. The van der Waals surface area contributed by atoms with Crippen molar-refractivity contribution in [1.29, 1.82) is 0 Å². The van der Waals surface area contributed by atoms with E-state index >= 15 is 0 Å². The third-order valence-electron chi connectivity index (χ3n) is 9.45. The molecule has 8 aromatic rings. The molecule has 0 spiro atoms. The van der Waals surface area contributed by atoms with Gasteiger partial charge in [-0.25, -0.2) is 0 Å². The zero-order valence-electron chi connectivity index (χ0n) is 28.4. The Morgan fingerprint density at radius 2 is 0.960 bits per heavy atom. The number of para-hydroxylation sites is 3. The maximum absolute atomic E-state index is 2.41. The number of rotatable bonds is 8. The average molecular weight is 643 g/mol. The predicted octanol–water partition coefficient (Wildman–Crippen LogP) is 13.2. The van der Waals surface area contributed by atoms with Crippen LogP contribution in [0.5, 0.6) is 0 Å². The van der Waals surface area contributed by atoms with Crippen molar-refractivity contribution in [2.45, 2.75) is 13.8 Å². The molecule has 0 bridgehead atoms. The summed E-state index contributed by atoms with van der Waals surface area (Å²) in [6.45, 7) is 4.35. The Morgan fingerprint density at radius 1 is 0.460 bits per heavy atom. The molecule has 0 aliphatic heterocycles. The minimum absolute atomic E-state index is 1.13. The first kappa shape index (κ1) is 30.9. The van der Waals surface area contributed by atoms with Crippen molar-refractivity contribution < 1.29 is 0 Å². The molecule has 240 valence electrons. The van der Waals surface area contributed by atoms with Gasteiger partial charge in [0.25, 0.3) is 0 Å². The lowest BCUT2D eigenvalue weighted by molar-refractivity contribution is 1.13. The molecule has 0 aliphatic rings. The van der Waals surface area contributed by atoms with Crippen LogP contribution in [0.25, 0.3) is 51.1 Å². The van der Waals surface area contributed by atoms with Crippen LogP contribution in [0.1, 0.15) is 22.3 Å². The predicted molar refractivity (Wildman–Crippen MR) is 214 cm³/mol. The van der Waals surface area contributed by atoms with E-state index in [4.69, 9.17) is 0 Å². The van der Waals surface area contributed by atoms with E-state index in [1.807, 2.05) is 0 Å². The summed E-state index contributed by atoms with van der Waals surface area (Å²) in [6.07, 6.45) is 4.44. The van der Waals surface area contributed by atoms with Gasteiger partial charge in [0.05, 0.1) is 11.2 Å².